The van der Waals surface area contributed by atoms with Crippen LogP contribution in [0.15, 0.2) is 18.2 Å². The maximum absolute atomic E-state index is 5.71. The molecule has 1 fully saturated rings. The maximum atomic E-state index is 5.71. The first-order valence-corrected chi connectivity index (χ1v) is 7.06. The molecule has 0 aliphatic carbocycles. The molecule has 0 radical (unpaired) electrons. The number of ether oxygens (including phenoxy) is 1. The average Bonchev–Trinajstić information content (AvgIpc) is 2.63. The van der Waals surface area contributed by atoms with Crippen molar-refractivity contribution in [2.75, 3.05) is 36.5 Å². The van der Waals surface area contributed by atoms with Crippen molar-refractivity contribution in [2.45, 2.75) is 32.3 Å². The van der Waals surface area contributed by atoms with Crippen LogP contribution in [0.3, 0.4) is 0 Å². The minimum atomic E-state index is 0.335. The van der Waals surface area contributed by atoms with Gasteiger partial charge in [-0.15, -0.1) is 0 Å². The van der Waals surface area contributed by atoms with Gasteiger partial charge in [0.25, 0.3) is 0 Å². The summed E-state index contributed by atoms with van der Waals surface area (Å²) in [5, 5.41) is 3.47. The summed E-state index contributed by atoms with van der Waals surface area (Å²) in [4.78, 5) is 2.46. The second-order valence-electron chi connectivity index (χ2n) is 5.35. The van der Waals surface area contributed by atoms with Crippen molar-refractivity contribution in [1.29, 1.82) is 0 Å². The van der Waals surface area contributed by atoms with E-state index in [0.29, 0.717) is 6.10 Å². The Kier molecular flexibility index (Phi) is 3.41. The van der Waals surface area contributed by atoms with E-state index in [1.54, 1.807) is 0 Å². The van der Waals surface area contributed by atoms with Crippen LogP contribution in [0.4, 0.5) is 11.4 Å². The van der Waals surface area contributed by atoms with E-state index in [1.807, 2.05) is 0 Å². The van der Waals surface area contributed by atoms with Crippen molar-refractivity contribution in [3.8, 4) is 0 Å². The van der Waals surface area contributed by atoms with E-state index in [4.69, 9.17) is 4.74 Å². The van der Waals surface area contributed by atoms with Crippen molar-refractivity contribution in [3.05, 3.63) is 23.8 Å². The molecule has 3 nitrogen and oxygen atoms in total. The maximum Gasteiger partial charge on any atom is 0.0721 e. The monoisotopic (exact) mass is 246 g/mol. The molecule has 0 spiro atoms. The summed E-state index contributed by atoms with van der Waals surface area (Å²) in [6.45, 7) is 6.28. The fraction of sp³-hybridized carbons (Fsp3) is 0.600. The molecule has 2 aliphatic rings. The van der Waals surface area contributed by atoms with Crippen molar-refractivity contribution in [1.82, 2.24) is 0 Å². The van der Waals surface area contributed by atoms with E-state index in [1.165, 1.54) is 29.8 Å². The molecule has 0 amide bonds. The minimum absolute atomic E-state index is 0.335. The molecule has 1 aromatic rings. The van der Waals surface area contributed by atoms with Crippen LogP contribution in [0, 0.1) is 0 Å². The molecule has 3 heteroatoms. The van der Waals surface area contributed by atoms with Crippen LogP contribution in [-0.4, -0.2) is 32.3 Å². The Labute approximate surface area is 109 Å². The first-order valence-electron chi connectivity index (χ1n) is 7.06. The highest BCUT2D eigenvalue weighted by molar-refractivity contribution is 5.61. The number of rotatable bonds is 1. The third-order valence-corrected chi connectivity index (χ3v) is 3.84. The van der Waals surface area contributed by atoms with Crippen LogP contribution in [0.5, 0.6) is 0 Å². The SMILES string of the molecule is CC1CN(c2ccc3c(c2)CCCN3)CCCO1. The number of nitrogens with one attached hydrogen (secondary N) is 1. The molecule has 0 aromatic heterocycles. The van der Waals surface area contributed by atoms with Gasteiger partial charge in [0.1, 0.15) is 0 Å². The largest absolute Gasteiger partial charge is 0.385 e. The Bertz CT molecular complexity index is 419. The number of benzene rings is 1. The highest BCUT2D eigenvalue weighted by Crippen LogP contribution is 2.28. The number of anilines is 2. The molecule has 0 saturated carbocycles. The van der Waals surface area contributed by atoms with Gasteiger partial charge >= 0.3 is 0 Å². The molecule has 3 rings (SSSR count). The summed E-state index contributed by atoms with van der Waals surface area (Å²) < 4.78 is 5.71. The van der Waals surface area contributed by atoms with Crippen LogP contribution >= 0.6 is 0 Å². The van der Waals surface area contributed by atoms with Crippen molar-refractivity contribution in [2.24, 2.45) is 0 Å². The van der Waals surface area contributed by atoms with Gasteiger partial charge in [-0.05, 0) is 49.9 Å². The van der Waals surface area contributed by atoms with E-state index in [-0.39, 0.29) is 0 Å². The van der Waals surface area contributed by atoms with Crippen molar-refractivity contribution in [3.63, 3.8) is 0 Å². The predicted molar refractivity (Wildman–Crippen MR) is 75.5 cm³/mol. The van der Waals surface area contributed by atoms with Crippen LogP contribution in [0.1, 0.15) is 25.3 Å². The molecule has 98 valence electrons. The van der Waals surface area contributed by atoms with Gasteiger partial charge in [-0.25, -0.2) is 0 Å². The Balaban J connectivity index is 1.82. The smallest absolute Gasteiger partial charge is 0.0721 e. The predicted octanol–water partition coefficient (Wildman–Crippen LogP) is 2.66. The van der Waals surface area contributed by atoms with Gasteiger partial charge in [-0.2, -0.15) is 0 Å². The lowest BCUT2D eigenvalue weighted by molar-refractivity contribution is 0.0821. The quantitative estimate of drug-likeness (QED) is 0.824. The van der Waals surface area contributed by atoms with Crippen LogP contribution in [0.2, 0.25) is 0 Å². The standard InChI is InChI=1S/C15H22N2O/c1-12-11-17(8-3-9-18-12)14-5-6-15-13(10-14)4-2-7-16-15/h5-6,10,12,16H,2-4,7-9,11H2,1H3. The summed E-state index contributed by atoms with van der Waals surface area (Å²) in [5.41, 5.74) is 4.15. The third kappa shape index (κ3) is 2.46. The molecular formula is C15H22N2O. The summed E-state index contributed by atoms with van der Waals surface area (Å²) in [7, 11) is 0. The van der Waals surface area contributed by atoms with Crippen molar-refractivity contribution < 1.29 is 4.74 Å². The molecule has 1 unspecified atom stereocenters. The molecular weight excluding hydrogens is 224 g/mol. The first-order chi connectivity index (χ1) is 8.83. The average molecular weight is 246 g/mol. The van der Waals surface area contributed by atoms with Crippen molar-refractivity contribution >= 4 is 11.4 Å². The van der Waals surface area contributed by atoms with Gasteiger partial charge in [0.05, 0.1) is 6.10 Å². The number of hydrogen-bond acceptors (Lipinski definition) is 3. The zero-order valence-corrected chi connectivity index (χ0v) is 11.1. The number of aryl methyl sites for hydroxylation is 1. The van der Waals surface area contributed by atoms with Crippen LogP contribution in [0.25, 0.3) is 0 Å². The molecule has 1 atom stereocenters. The molecule has 2 aliphatic heterocycles. The zero-order valence-electron chi connectivity index (χ0n) is 11.1. The van der Waals surface area contributed by atoms with Gasteiger partial charge in [0, 0.05) is 37.6 Å². The minimum Gasteiger partial charge on any atom is -0.385 e. The van der Waals surface area contributed by atoms with E-state index >= 15 is 0 Å². The van der Waals surface area contributed by atoms with E-state index in [2.05, 4.69) is 35.3 Å². The fourth-order valence-corrected chi connectivity index (χ4v) is 2.89. The van der Waals surface area contributed by atoms with E-state index in [0.717, 1.165) is 32.7 Å². The Hall–Kier alpha value is -1.22. The molecule has 18 heavy (non-hydrogen) atoms. The fourth-order valence-electron chi connectivity index (χ4n) is 2.89. The lowest BCUT2D eigenvalue weighted by Crippen LogP contribution is -2.30. The van der Waals surface area contributed by atoms with Gasteiger partial charge in [-0.3, -0.25) is 0 Å². The lowest BCUT2D eigenvalue weighted by atomic mass is 10.0. The van der Waals surface area contributed by atoms with Gasteiger partial charge in [0.2, 0.25) is 0 Å². The molecule has 1 saturated heterocycles. The summed E-state index contributed by atoms with van der Waals surface area (Å²) in [6.07, 6.45) is 3.91. The topological polar surface area (TPSA) is 24.5 Å². The number of nitrogens with zero attached hydrogens (tertiary/aromatic N) is 1. The summed E-state index contributed by atoms with van der Waals surface area (Å²) >= 11 is 0. The molecule has 0 bridgehead atoms. The highest BCUT2D eigenvalue weighted by atomic mass is 16.5. The van der Waals surface area contributed by atoms with E-state index in [9.17, 15) is 0 Å². The van der Waals surface area contributed by atoms with Gasteiger partial charge in [-0.1, -0.05) is 0 Å². The Morgan fingerprint density at radius 3 is 3.22 bits per heavy atom. The Morgan fingerprint density at radius 1 is 1.33 bits per heavy atom. The van der Waals surface area contributed by atoms with Crippen LogP contribution in [-0.2, 0) is 11.2 Å². The van der Waals surface area contributed by atoms with Crippen LogP contribution < -0.4 is 10.2 Å². The number of fused-ring (bicyclic) bond motifs is 1. The Morgan fingerprint density at radius 2 is 2.28 bits per heavy atom. The normalized spacial score (nSPS) is 24.1. The van der Waals surface area contributed by atoms with Gasteiger partial charge < -0.3 is 15.0 Å². The molecule has 2 heterocycles. The zero-order chi connectivity index (χ0) is 12.4. The number of hydrogen-bond donors (Lipinski definition) is 1. The van der Waals surface area contributed by atoms with Gasteiger partial charge in [0.15, 0.2) is 0 Å². The molecule has 1 aromatic carbocycles. The summed E-state index contributed by atoms with van der Waals surface area (Å²) in [6, 6.07) is 6.84. The first kappa shape index (κ1) is 11.8. The lowest BCUT2D eigenvalue weighted by Gasteiger charge is -2.27. The second-order valence-corrected chi connectivity index (χ2v) is 5.35. The molecule has 1 N–H and O–H groups in total. The summed E-state index contributed by atoms with van der Waals surface area (Å²) in [5.74, 6) is 0. The third-order valence-electron chi connectivity index (χ3n) is 3.84. The van der Waals surface area contributed by atoms with E-state index < -0.39 is 0 Å². The second kappa shape index (κ2) is 5.19. The highest BCUT2D eigenvalue weighted by Gasteiger charge is 2.17.